The molecule has 2 unspecified atom stereocenters. The van der Waals surface area contributed by atoms with Crippen LogP contribution in [0.5, 0.6) is 0 Å². The fourth-order valence-electron chi connectivity index (χ4n) is 1.74. The largest absolute Gasteiger partial charge is 0.480 e. The summed E-state index contributed by atoms with van der Waals surface area (Å²) in [6, 6.07) is -1.02. The van der Waals surface area contributed by atoms with E-state index in [1.807, 2.05) is 20.8 Å². The summed E-state index contributed by atoms with van der Waals surface area (Å²) >= 11 is 0.929. The number of hydrogen-bond acceptors (Lipinski definition) is 7. The van der Waals surface area contributed by atoms with E-state index in [9.17, 15) is 14.7 Å². The van der Waals surface area contributed by atoms with Gasteiger partial charge in [-0.2, -0.15) is 0 Å². The summed E-state index contributed by atoms with van der Waals surface area (Å²) in [4.78, 5) is 30.6. The molecule has 0 aliphatic carbocycles. The number of carboxylic acid groups (broad SMARTS) is 1. The minimum absolute atomic E-state index is 0.0192. The first-order chi connectivity index (χ1) is 11.6. The van der Waals surface area contributed by atoms with Crippen molar-refractivity contribution in [2.24, 2.45) is 15.7 Å². The molecule has 8 N–H and O–H groups in total. The molecule has 1 fully saturated rings. The molecule has 0 radical (unpaired) electrons. The van der Waals surface area contributed by atoms with Crippen molar-refractivity contribution < 1.29 is 19.8 Å². The van der Waals surface area contributed by atoms with Crippen LogP contribution in [0, 0.1) is 0 Å². The number of carbonyl (C=O) groups is 2. The van der Waals surface area contributed by atoms with Gasteiger partial charge in [0.25, 0.3) is 5.18 Å². The van der Waals surface area contributed by atoms with Crippen molar-refractivity contribution >= 4 is 35.6 Å². The van der Waals surface area contributed by atoms with Gasteiger partial charge in [-0.15, -0.1) is 0 Å². The second-order valence-electron chi connectivity index (χ2n) is 5.44. The van der Waals surface area contributed by atoms with Gasteiger partial charge in [-0.05, 0) is 20.8 Å². The van der Waals surface area contributed by atoms with Gasteiger partial charge >= 0.3 is 5.97 Å². The van der Waals surface area contributed by atoms with Crippen molar-refractivity contribution in [2.45, 2.75) is 38.0 Å². The Bertz CT molecular complexity index is 554. The van der Waals surface area contributed by atoms with Crippen LogP contribution in [0.3, 0.4) is 0 Å². The summed E-state index contributed by atoms with van der Waals surface area (Å²) in [6.07, 6.45) is 0. The summed E-state index contributed by atoms with van der Waals surface area (Å²) in [5.41, 5.74) is 5.72. The molecule has 1 rings (SSSR count). The highest BCUT2D eigenvalue weighted by Crippen LogP contribution is 2.19. The number of aliphatic carboxylic acids is 1. The van der Waals surface area contributed by atoms with Crippen molar-refractivity contribution in [3.8, 4) is 0 Å². The first kappa shape index (κ1) is 21.0. The predicted molar refractivity (Wildman–Crippen MR) is 96.0 cm³/mol. The Morgan fingerprint density at radius 1 is 1.36 bits per heavy atom. The van der Waals surface area contributed by atoms with Crippen molar-refractivity contribution in [1.29, 1.82) is 0 Å². The van der Waals surface area contributed by atoms with Crippen LogP contribution < -0.4 is 27.0 Å². The van der Waals surface area contributed by atoms with Crippen LogP contribution in [0.2, 0.25) is 0 Å². The molecule has 0 aromatic heterocycles. The second-order valence-corrected chi connectivity index (χ2v) is 6.66. The Morgan fingerprint density at radius 3 is 2.56 bits per heavy atom. The maximum Gasteiger partial charge on any atom is 0.322 e. The van der Waals surface area contributed by atoms with E-state index >= 15 is 0 Å². The van der Waals surface area contributed by atoms with Gasteiger partial charge in [0.1, 0.15) is 6.54 Å². The van der Waals surface area contributed by atoms with E-state index in [2.05, 4.69) is 31.3 Å². The summed E-state index contributed by atoms with van der Waals surface area (Å²) in [5, 5.41) is 28.2. The minimum atomic E-state index is -1.67. The Hall–Kier alpha value is -2.05. The minimum Gasteiger partial charge on any atom is -0.480 e. The smallest absolute Gasteiger partial charge is 0.322 e. The molecule has 1 amide bonds. The molecule has 25 heavy (non-hydrogen) atoms. The molecule has 11 nitrogen and oxygen atoms in total. The Morgan fingerprint density at radius 2 is 2.00 bits per heavy atom. The van der Waals surface area contributed by atoms with Crippen molar-refractivity contribution in [2.75, 3.05) is 18.8 Å². The average molecular weight is 375 g/mol. The van der Waals surface area contributed by atoms with Gasteiger partial charge in [0.05, 0.1) is 6.04 Å². The number of nitrogens with two attached hydrogens (primary N) is 1. The van der Waals surface area contributed by atoms with E-state index in [1.165, 1.54) is 0 Å². The van der Waals surface area contributed by atoms with Crippen molar-refractivity contribution in [3.05, 3.63) is 0 Å². The third kappa shape index (κ3) is 7.58. The number of nitrogens with zero attached hydrogens (tertiary/aromatic N) is 2. The molecule has 0 aromatic rings. The number of guanidine groups is 2. The summed E-state index contributed by atoms with van der Waals surface area (Å²) in [6.45, 7) is 5.57. The molecule has 0 spiro atoms. The molecule has 0 saturated carbocycles. The lowest BCUT2D eigenvalue weighted by atomic mass is 10.3. The number of aliphatic imine (C=N–C) groups is 2. The summed E-state index contributed by atoms with van der Waals surface area (Å²) in [5.74, 6) is -1.09. The lowest BCUT2D eigenvalue weighted by molar-refractivity contribution is -0.138. The zero-order chi connectivity index (χ0) is 19.0. The molecule has 1 saturated heterocycles. The highest BCUT2D eigenvalue weighted by atomic mass is 32.2. The lowest BCUT2D eigenvalue weighted by Crippen LogP contribution is -2.70. The van der Waals surface area contributed by atoms with E-state index in [1.54, 1.807) is 0 Å². The van der Waals surface area contributed by atoms with Gasteiger partial charge < -0.3 is 31.9 Å². The topological polar surface area (TPSA) is 173 Å². The fourth-order valence-corrected chi connectivity index (χ4v) is 2.65. The predicted octanol–water partition coefficient (Wildman–Crippen LogP) is -2.23. The van der Waals surface area contributed by atoms with Gasteiger partial charge in [-0.3, -0.25) is 24.9 Å². The van der Waals surface area contributed by atoms with E-state index < -0.39 is 29.6 Å². The molecular formula is C13H25N7O4S. The molecule has 1 aliphatic rings. The normalized spacial score (nSPS) is 24.4. The number of carboxylic acids is 1. The van der Waals surface area contributed by atoms with E-state index in [0.717, 1.165) is 11.8 Å². The van der Waals surface area contributed by atoms with Gasteiger partial charge in [0.15, 0.2) is 0 Å². The molecule has 0 aromatic carbocycles. The summed E-state index contributed by atoms with van der Waals surface area (Å²) in [7, 11) is 0. The van der Waals surface area contributed by atoms with Crippen LogP contribution in [0.15, 0.2) is 9.98 Å². The second kappa shape index (κ2) is 9.44. The fraction of sp³-hybridized carbons (Fsp3) is 0.692. The van der Waals surface area contributed by atoms with Crippen LogP contribution in [0.4, 0.5) is 0 Å². The molecule has 12 heteroatoms. The SMILES string of the molecule is CCN=C1NC(=NC(C)C)NC(O)(SCC(N)C(=O)NCC(=O)O)N1. The van der Waals surface area contributed by atoms with Crippen molar-refractivity contribution in [3.63, 3.8) is 0 Å². The highest BCUT2D eigenvalue weighted by Gasteiger charge is 2.36. The number of nitrogens with one attached hydrogen (secondary N) is 4. The molecule has 2 atom stereocenters. The molecule has 1 heterocycles. The molecular weight excluding hydrogens is 350 g/mol. The first-order valence-corrected chi connectivity index (χ1v) is 8.70. The standard InChI is InChI=1S/C13H25N7O4S/c1-4-15-11-18-12(17-7(2)3)20-13(24,19-11)25-6-8(14)10(23)16-5-9(21)22/h7-8,24H,4-6,14H2,1-3H3,(H,16,23)(H,21,22)(H3,15,17,18,19,20). The third-order valence-corrected chi connectivity index (χ3v) is 3.89. The number of rotatable bonds is 8. The van der Waals surface area contributed by atoms with Crippen LogP contribution >= 0.6 is 11.8 Å². The maximum absolute atomic E-state index is 11.7. The maximum atomic E-state index is 11.7. The number of thioether (sulfide) groups is 1. The van der Waals surface area contributed by atoms with E-state index in [-0.39, 0.29) is 11.8 Å². The monoisotopic (exact) mass is 375 g/mol. The quantitative estimate of drug-likeness (QED) is 0.232. The zero-order valence-electron chi connectivity index (χ0n) is 14.4. The molecule has 142 valence electrons. The number of amides is 1. The van der Waals surface area contributed by atoms with Crippen LogP contribution in [0.1, 0.15) is 20.8 Å². The Labute approximate surface area is 149 Å². The highest BCUT2D eigenvalue weighted by molar-refractivity contribution is 8.00. The number of aliphatic hydroxyl groups is 1. The van der Waals surface area contributed by atoms with Crippen LogP contribution in [-0.2, 0) is 9.59 Å². The molecule has 0 bridgehead atoms. The number of carbonyl (C=O) groups excluding carboxylic acids is 1. The first-order valence-electron chi connectivity index (χ1n) is 7.72. The third-order valence-electron chi connectivity index (χ3n) is 2.74. The van der Waals surface area contributed by atoms with Gasteiger partial charge in [-0.25, -0.2) is 0 Å². The zero-order valence-corrected chi connectivity index (χ0v) is 15.2. The van der Waals surface area contributed by atoms with Gasteiger partial charge in [0.2, 0.25) is 17.8 Å². The summed E-state index contributed by atoms with van der Waals surface area (Å²) < 4.78 is 0. The Balaban J connectivity index is 2.71. The van der Waals surface area contributed by atoms with Crippen LogP contribution in [0.25, 0.3) is 0 Å². The van der Waals surface area contributed by atoms with Gasteiger partial charge in [0, 0.05) is 18.3 Å². The van der Waals surface area contributed by atoms with Crippen LogP contribution in [-0.4, -0.2) is 70.1 Å². The lowest BCUT2D eigenvalue weighted by Gasteiger charge is -2.37. The van der Waals surface area contributed by atoms with Gasteiger partial charge in [-0.1, -0.05) is 11.8 Å². The number of hydrogen-bond donors (Lipinski definition) is 7. The van der Waals surface area contributed by atoms with E-state index in [4.69, 9.17) is 10.8 Å². The van der Waals surface area contributed by atoms with E-state index in [0.29, 0.717) is 18.5 Å². The Kier molecular flexibility index (Phi) is 7.93. The van der Waals surface area contributed by atoms with Crippen molar-refractivity contribution in [1.82, 2.24) is 21.3 Å². The molecule has 1 aliphatic heterocycles. The average Bonchev–Trinajstić information content (AvgIpc) is 2.49.